The van der Waals surface area contributed by atoms with Crippen LogP contribution in [0.2, 0.25) is 0 Å². The van der Waals surface area contributed by atoms with Crippen LogP contribution in [0.25, 0.3) is 0 Å². The van der Waals surface area contributed by atoms with Crippen LogP contribution < -0.4 is 16.6 Å². The van der Waals surface area contributed by atoms with Crippen molar-refractivity contribution < 1.29 is 8.78 Å². The van der Waals surface area contributed by atoms with Gasteiger partial charge in [0.15, 0.2) is 0 Å². The van der Waals surface area contributed by atoms with Gasteiger partial charge < -0.3 is 10.7 Å². The minimum Gasteiger partial charge on any atom is -0.337 e. The standard InChI is InChI=1S/C14H17F2N5/c1-3-4-9-13(18-7-19-14(9)21-17)20-12-6-10(15)8(2)5-11(12)16/h5-7H,3-4,17H2,1-2H3,(H2,18,19,20,21). The van der Waals surface area contributed by atoms with E-state index in [0.717, 1.165) is 24.1 Å². The third-order valence-corrected chi connectivity index (χ3v) is 3.08. The fourth-order valence-corrected chi connectivity index (χ4v) is 2.00. The first-order chi connectivity index (χ1) is 10.1. The molecule has 0 saturated carbocycles. The number of hydrogen-bond acceptors (Lipinski definition) is 5. The topological polar surface area (TPSA) is 75.9 Å². The highest BCUT2D eigenvalue weighted by Crippen LogP contribution is 2.27. The van der Waals surface area contributed by atoms with E-state index in [4.69, 9.17) is 5.84 Å². The second-order valence-corrected chi connectivity index (χ2v) is 4.65. The zero-order valence-electron chi connectivity index (χ0n) is 11.9. The minimum atomic E-state index is -0.544. The molecule has 0 saturated heterocycles. The summed E-state index contributed by atoms with van der Waals surface area (Å²) in [6.45, 7) is 3.50. The number of hydrazine groups is 1. The molecule has 0 amide bonds. The van der Waals surface area contributed by atoms with Crippen molar-refractivity contribution in [3.05, 3.63) is 41.2 Å². The summed E-state index contributed by atoms with van der Waals surface area (Å²) in [6, 6.07) is 2.25. The molecule has 7 heteroatoms. The highest BCUT2D eigenvalue weighted by atomic mass is 19.1. The number of aryl methyl sites for hydroxylation is 1. The number of hydrogen-bond donors (Lipinski definition) is 3. The molecule has 2 rings (SSSR count). The second kappa shape index (κ2) is 6.45. The Hall–Kier alpha value is -2.28. The van der Waals surface area contributed by atoms with E-state index in [2.05, 4.69) is 20.7 Å². The summed E-state index contributed by atoms with van der Waals surface area (Å²) >= 11 is 0. The number of anilines is 3. The summed E-state index contributed by atoms with van der Waals surface area (Å²) in [7, 11) is 0. The summed E-state index contributed by atoms with van der Waals surface area (Å²) in [4.78, 5) is 8.10. The molecule has 2 aromatic rings. The molecule has 0 atom stereocenters. The predicted molar refractivity (Wildman–Crippen MR) is 78.2 cm³/mol. The molecule has 5 nitrogen and oxygen atoms in total. The summed E-state index contributed by atoms with van der Waals surface area (Å²) in [5, 5.41) is 2.81. The van der Waals surface area contributed by atoms with Crippen molar-refractivity contribution in [3.8, 4) is 0 Å². The van der Waals surface area contributed by atoms with Crippen LogP contribution in [0.15, 0.2) is 18.5 Å². The van der Waals surface area contributed by atoms with Crippen molar-refractivity contribution in [2.45, 2.75) is 26.7 Å². The van der Waals surface area contributed by atoms with Crippen LogP contribution in [-0.2, 0) is 6.42 Å². The Morgan fingerprint density at radius 3 is 2.52 bits per heavy atom. The Balaban J connectivity index is 2.42. The van der Waals surface area contributed by atoms with Gasteiger partial charge in [-0.1, -0.05) is 13.3 Å². The predicted octanol–water partition coefficient (Wildman–Crippen LogP) is 3.04. The van der Waals surface area contributed by atoms with Crippen molar-refractivity contribution in [1.29, 1.82) is 0 Å². The van der Waals surface area contributed by atoms with E-state index in [1.54, 1.807) is 0 Å². The first-order valence-corrected chi connectivity index (χ1v) is 6.60. The molecule has 0 aliphatic rings. The SMILES string of the molecule is CCCc1c(NN)ncnc1Nc1cc(F)c(C)cc1F. The second-order valence-electron chi connectivity index (χ2n) is 4.65. The quantitative estimate of drug-likeness (QED) is 0.583. The molecule has 0 aliphatic heterocycles. The van der Waals surface area contributed by atoms with Gasteiger partial charge in [0.2, 0.25) is 0 Å². The van der Waals surface area contributed by atoms with Gasteiger partial charge in [-0.25, -0.2) is 24.6 Å². The van der Waals surface area contributed by atoms with E-state index < -0.39 is 11.6 Å². The Morgan fingerprint density at radius 1 is 1.14 bits per heavy atom. The van der Waals surface area contributed by atoms with E-state index in [0.29, 0.717) is 18.1 Å². The summed E-state index contributed by atoms with van der Waals surface area (Å²) < 4.78 is 27.5. The normalized spacial score (nSPS) is 10.5. The molecular weight excluding hydrogens is 276 g/mol. The lowest BCUT2D eigenvalue weighted by Gasteiger charge is -2.14. The van der Waals surface area contributed by atoms with Gasteiger partial charge in [0.1, 0.15) is 29.6 Å². The number of nitrogens with two attached hydrogens (primary N) is 1. The zero-order valence-corrected chi connectivity index (χ0v) is 11.9. The third-order valence-electron chi connectivity index (χ3n) is 3.08. The number of aromatic nitrogens is 2. The van der Waals surface area contributed by atoms with E-state index in [-0.39, 0.29) is 11.3 Å². The summed E-state index contributed by atoms with van der Waals surface area (Å²) in [5.41, 5.74) is 3.48. The van der Waals surface area contributed by atoms with Crippen molar-refractivity contribution in [3.63, 3.8) is 0 Å². The van der Waals surface area contributed by atoms with Gasteiger partial charge in [0, 0.05) is 11.6 Å². The number of nitrogen functional groups attached to an aromatic ring is 1. The summed E-state index contributed by atoms with van der Waals surface area (Å²) in [6.07, 6.45) is 2.79. The maximum atomic E-state index is 13.9. The Morgan fingerprint density at radius 2 is 1.86 bits per heavy atom. The maximum absolute atomic E-state index is 13.9. The Bertz CT molecular complexity index is 646. The number of rotatable bonds is 5. The van der Waals surface area contributed by atoms with Crippen LogP contribution in [0.5, 0.6) is 0 Å². The molecule has 0 bridgehead atoms. The first kappa shape index (κ1) is 15.1. The zero-order chi connectivity index (χ0) is 15.4. The number of nitrogens with zero attached hydrogens (tertiary/aromatic N) is 2. The molecule has 0 radical (unpaired) electrons. The third kappa shape index (κ3) is 3.25. The average molecular weight is 293 g/mol. The molecule has 0 spiro atoms. The van der Waals surface area contributed by atoms with Gasteiger partial charge >= 0.3 is 0 Å². The van der Waals surface area contributed by atoms with Gasteiger partial charge in [0.25, 0.3) is 0 Å². The van der Waals surface area contributed by atoms with Crippen LogP contribution in [0.1, 0.15) is 24.5 Å². The van der Waals surface area contributed by atoms with Crippen molar-refractivity contribution >= 4 is 17.3 Å². The van der Waals surface area contributed by atoms with Crippen LogP contribution in [0, 0.1) is 18.6 Å². The van der Waals surface area contributed by atoms with E-state index >= 15 is 0 Å². The highest BCUT2D eigenvalue weighted by molar-refractivity contribution is 5.65. The van der Waals surface area contributed by atoms with Crippen LogP contribution in [0.3, 0.4) is 0 Å². The molecule has 1 heterocycles. The Labute approximate surface area is 121 Å². The highest BCUT2D eigenvalue weighted by Gasteiger charge is 2.13. The molecular formula is C14H17F2N5. The fourth-order valence-electron chi connectivity index (χ4n) is 2.00. The first-order valence-electron chi connectivity index (χ1n) is 6.60. The molecule has 0 unspecified atom stereocenters. The lowest BCUT2D eigenvalue weighted by atomic mass is 10.1. The molecule has 0 fully saturated rings. The van der Waals surface area contributed by atoms with Gasteiger partial charge in [-0.3, -0.25) is 0 Å². The maximum Gasteiger partial charge on any atom is 0.148 e. The lowest BCUT2D eigenvalue weighted by Crippen LogP contribution is -2.13. The Kier molecular flexibility index (Phi) is 4.64. The smallest absolute Gasteiger partial charge is 0.148 e. The largest absolute Gasteiger partial charge is 0.337 e. The summed E-state index contributed by atoms with van der Waals surface area (Å²) in [5.74, 6) is 5.25. The molecule has 4 N–H and O–H groups in total. The fraction of sp³-hybridized carbons (Fsp3) is 0.286. The number of nitrogens with one attached hydrogen (secondary N) is 2. The molecule has 112 valence electrons. The van der Waals surface area contributed by atoms with E-state index in [1.165, 1.54) is 13.3 Å². The van der Waals surface area contributed by atoms with Gasteiger partial charge in [-0.2, -0.15) is 0 Å². The monoisotopic (exact) mass is 293 g/mol. The van der Waals surface area contributed by atoms with Gasteiger partial charge in [-0.05, 0) is 25.0 Å². The van der Waals surface area contributed by atoms with E-state index in [9.17, 15) is 8.78 Å². The van der Waals surface area contributed by atoms with Crippen molar-refractivity contribution in [2.75, 3.05) is 10.7 Å². The van der Waals surface area contributed by atoms with Crippen LogP contribution in [0.4, 0.5) is 26.1 Å². The number of halogens is 2. The molecule has 21 heavy (non-hydrogen) atoms. The van der Waals surface area contributed by atoms with Crippen LogP contribution >= 0.6 is 0 Å². The molecule has 0 aliphatic carbocycles. The van der Waals surface area contributed by atoms with Crippen LogP contribution in [-0.4, -0.2) is 9.97 Å². The van der Waals surface area contributed by atoms with Crippen molar-refractivity contribution in [2.24, 2.45) is 5.84 Å². The van der Waals surface area contributed by atoms with Gasteiger partial charge in [-0.15, -0.1) is 0 Å². The number of benzene rings is 1. The van der Waals surface area contributed by atoms with E-state index in [1.807, 2.05) is 6.92 Å². The molecule has 1 aromatic heterocycles. The minimum absolute atomic E-state index is 0.0251. The van der Waals surface area contributed by atoms with Gasteiger partial charge in [0.05, 0.1) is 5.69 Å². The average Bonchev–Trinajstić information content (AvgIpc) is 2.46. The lowest BCUT2D eigenvalue weighted by molar-refractivity contribution is 0.595. The van der Waals surface area contributed by atoms with Crippen molar-refractivity contribution in [1.82, 2.24) is 9.97 Å². The molecule has 1 aromatic carbocycles.